The summed E-state index contributed by atoms with van der Waals surface area (Å²) in [5, 5.41) is 8.72. The summed E-state index contributed by atoms with van der Waals surface area (Å²) < 4.78 is 12.9. The minimum atomic E-state index is 0.575. The molecule has 0 saturated carbocycles. The van der Waals surface area contributed by atoms with Crippen LogP contribution in [0.4, 0.5) is 0 Å². The summed E-state index contributed by atoms with van der Waals surface area (Å²) in [6, 6.07) is 53.7. The minimum Gasteiger partial charge on any atom is -0.456 e. The lowest BCUT2D eigenvalue weighted by atomic mass is 9.99. The molecule has 0 unspecified atom stereocenters. The molecular formula is C46H26N4O2. The molecule has 0 saturated heterocycles. The number of nitrogens with zero attached hydrogens (tertiary/aromatic N) is 4. The van der Waals surface area contributed by atoms with Crippen LogP contribution < -0.4 is 0 Å². The van der Waals surface area contributed by atoms with Crippen molar-refractivity contribution in [1.82, 2.24) is 19.9 Å². The van der Waals surface area contributed by atoms with Gasteiger partial charge in [0.25, 0.3) is 0 Å². The zero-order valence-electron chi connectivity index (χ0n) is 27.6. The van der Waals surface area contributed by atoms with Gasteiger partial charge in [0.05, 0.1) is 5.39 Å². The van der Waals surface area contributed by atoms with Crippen molar-refractivity contribution in [2.75, 3.05) is 0 Å². The van der Waals surface area contributed by atoms with Gasteiger partial charge in [-0.1, -0.05) is 115 Å². The summed E-state index contributed by atoms with van der Waals surface area (Å²) in [5.74, 6) is 2.39. The molecule has 0 aliphatic rings. The van der Waals surface area contributed by atoms with Crippen molar-refractivity contribution >= 4 is 65.4 Å². The van der Waals surface area contributed by atoms with Gasteiger partial charge in [0.2, 0.25) is 5.89 Å². The van der Waals surface area contributed by atoms with Gasteiger partial charge in [-0.05, 0) is 74.8 Å². The van der Waals surface area contributed by atoms with E-state index in [-0.39, 0.29) is 0 Å². The predicted molar refractivity (Wildman–Crippen MR) is 209 cm³/mol. The molecule has 6 nitrogen and oxygen atoms in total. The zero-order valence-corrected chi connectivity index (χ0v) is 27.6. The van der Waals surface area contributed by atoms with E-state index in [0.29, 0.717) is 28.9 Å². The SMILES string of the molecule is c1ccc(-c2nc(-c3ccc4c(ccc5ccccc54)c3)nc(-c3ccc4ccc5oc6ccc7nc(-c8ccccc8)oc7c6c5c4c3)n2)cc1. The Hall–Kier alpha value is -7.18. The lowest BCUT2D eigenvalue weighted by Gasteiger charge is -2.10. The van der Waals surface area contributed by atoms with Crippen LogP contribution in [0.15, 0.2) is 167 Å². The zero-order chi connectivity index (χ0) is 34.2. The van der Waals surface area contributed by atoms with Crippen LogP contribution in [-0.2, 0) is 0 Å². The van der Waals surface area contributed by atoms with Gasteiger partial charge in [0, 0.05) is 27.6 Å². The van der Waals surface area contributed by atoms with Crippen molar-refractivity contribution in [2.45, 2.75) is 0 Å². The highest BCUT2D eigenvalue weighted by atomic mass is 16.4. The molecule has 11 rings (SSSR count). The summed E-state index contributed by atoms with van der Waals surface area (Å²) in [7, 11) is 0. The van der Waals surface area contributed by atoms with Gasteiger partial charge in [-0.15, -0.1) is 0 Å². The molecule has 8 aromatic carbocycles. The van der Waals surface area contributed by atoms with Gasteiger partial charge < -0.3 is 8.83 Å². The van der Waals surface area contributed by atoms with E-state index in [9.17, 15) is 0 Å². The fourth-order valence-corrected chi connectivity index (χ4v) is 7.40. The van der Waals surface area contributed by atoms with Crippen LogP contribution in [0, 0.1) is 0 Å². The largest absolute Gasteiger partial charge is 0.456 e. The molecule has 242 valence electrons. The molecule has 0 bridgehead atoms. The van der Waals surface area contributed by atoms with E-state index >= 15 is 0 Å². The first kappa shape index (κ1) is 28.6. The Kier molecular flexibility index (Phi) is 6.15. The second kappa shape index (κ2) is 11.2. The third-order valence-corrected chi connectivity index (χ3v) is 9.92. The second-order valence-corrected chi connectivity index (χ2v) is 13.0. The molecule has 3 aromatic heterocycles. The van der Waals surface area contributed by atoms with Gasteiger partial charge >= 0.3 is 0 Å². The van der Waals surface area contributed by atoms with Crippen molar-refractivity contribution in [3.05, 3.63) is 158 Å². The van der Waals surface area contributed by atoms with Crippen molar-refractivity contribution < 1.29 is 8.83 Å². The van der Waals surface area contributed by atoms with Crippen molar-refractivity contribution in [3.63, 3.8) is 0 Å². The van der Waals surface area contributed by atoms with Crippen LogP contribution in [0.2, 0.25) is 0 Å². The van der Waals surface area contributed by atoms with Crippen LogP contribution in [0.25, 0.3) is 111 Å². The summed E-state index contributed by atoms with van der Waals surface area (Å²) in [5.41, 5.74) is 6.64. The van der Waals surface area contributed by atoms with Crippen LogP contribution in [0.3, 0.4) is 0 Å². The molecule has 0 amide bonds. The summed E-state index contributed by atoms with van der Waals surface area (Å²) in [4.78, 5) is 20.0. The lowest BCUT2D eigenvalue weighted by Crippen LogP contribution is -2.00. The highest BCUT2D eigenvalue weighted by Gasteiger charge is 2.20. The Morgan fingerprint density at radius 3 is 1.75 bits per heavy atom. The third-order valence-electron chi connectivity index (χ3n) is 9.92. The third kappa shape index (κ3) is 4.51. The van der Waals surface area contributed by atoms with Crippen LogP contribution in [0.1, 0.15) is 0 Å². The first-order valence-corrected chi connectivity index (χ1v) is 17.2. The molecule has 0 aliphatic heterocycles. The Morgan fingerprint density at radius 2 is 0.923 bits per heavy atom. The van der Waals surface area contributed by atoms with Gasteiger partial charge in [-0.25, -0.2) is 19.9 Å². The normalized spacial score (nSPS) is 11.8. The quantitative estimate of drug-likeness (QED) is 0.174. The Morgan fingerprint density at radius 1 is 0.346 bits per heavy atom. The maximum absolute atomic E-state index is 6.48. The molecule has 0 fully saturated rings. The highest BCUT2D eigenvalue weighted by Crippen LogP contribution is 2.41. The van der Waals surface area contributed by atoms with E-state index in [2.05, 4.69) is 78.9 Å². The standard InChI is InChI=1S/C46H26N4O2/c1-3-10-29(11-4-1)43-48-44(32-19-21-35-31(25-32)17-15-27-9-7-8-14-34(27)35)50-45(49-43)33-18-16-28-20-23-38-40(36(28)26-33)41-39(51-38)24-22-37-42(41)52-46(47-37)30-12-5-2-6-13-30/h1-26H. The minimum absolute atomic E-state index is 0.575. The molecular weight excluding hydrogens is 641 g/mol. The molecule has 6 heteroatoms. The first-order chi connectivity index (χ1) is 25.7. The lowest BCUT2D eigenvalue weighted by molar-refractivity contribution is 0.622. The molecule has 0 N–H and O–H groups in total. The number of hydrogen-bond acceptors (Lipinski definition) is 6. The summed E-state index contributed by atoms with van der Waals surface area (Å²) in [6.07, 6.45) is 0. The average Bonchev–Trinajstić information content (AvgIpc) is 3.83. The maximum atomic E-state index is 6.48. The molecule has 0 aliphatic carbocycles. The van der Waals surface area contributed by atoms with E-state index in [1.165, 1.54) is 16.2 Å². The van der Waals surface area contributed by atoms with E-state index in [1.54, 1.807) is 0 Å². The molecule has 0 spiro atoms. The van der Waals surface area contributed by atoms with Gasteiger partial charge in [-0.3, -0.25) is 0 Å². The number of hydrogen-bond donors (Lipinski definition) is 0. The molecule has 52 heavy (non-hydrogen) atoms. The number of aromatic nitrogens is 4. The summed E-state index contributed by atoms with van der Waals surface area (Å²) >= 11 is 0. The number of rotatable bonds is 4. The van der Waals surface area contributed by atoms with Crippen LogP contribution in [0.5, 0.6) is 0 Å². The monoisotopic (exact) mass is 666 g/mol. The number of oxazole rings is 1. The fourth-order valence-electron chi connectivity index (χ4n) is 7.40. The molecule has 0 atom stereocenters. The Balaban J connectivity index is 1.12. The maximum Gasteiger partial charge on any atom is 0.227 e. The Labute approximate surface area is 296 Å². The predicted octanol–water partition coefficient (Wildman–Crippen LogP) is 12.0. The van der Waals surface area contributed by atoms with E-state index in [0.717, 1.165) is 65.9 Å². The van der Waals surface area contributed by atoms with Gasteiger partial charge in [0.15, 0.2) is 23.1 Å². The van der Waals surface area contributed by atoms with Crippen LogP contribution in [-0.4, -0.2) is 19.9 Å². The van der Waals surface area contributed by atoms with Crippen molar-refractivity contribution in [3.8, 4) is 45.6 Å². The molecule has 3 heterocycles. The average molecular weight is 667 g/mol. The molecule has 0 radical (unpaired) electrons. The fraction of sp³-hybridized carbons (Fsp3) is 0. The second-order valence-electron chi connectivity index (χ2n) is 13.0. The summed E-state index contributed by atoms with van der Waals surface area (Å²) in [6.45, 7) is 0. The smallest absolute Gasteiger partial charge is 0.227 e. The molecule has 11 aromatic rings. The first-order valence-electron chi connectivity index (χ1n) is 17.2. The van der Waals surface area contributed by atoms with Gasteiger partial charge in [-0.2, -0.15) is 0 Å². The van der Waals surface area contributed by atoms with Crippen molar-refractivity contribution in [2.24, 2.45) is 0 Å². The number of furan rings is 1. The van der Waals surface area contributed by atoms with E-state index < -0.39 is 0 Å². The van der Waals surface area contributed by atoms with Crippen molar-refractivity contribution in [1.29, 1.82) is 0 Å². The number of fused-ring (bicyclic) bond motifs is 10. The van der Waals surface area contributed by atoms with Crippen LogP contribution >= 0.6 is 0 Å². The topological polar surface area (TPSA) is 77.8 Å². The van der Waals surface area contributed by atoms with E-state index in [1.807, 2.05) is 78.9 Å². The number of benzene rings is 8. The Bertz CT molecular complexity index is 3180. The highest BCUT2D eigenvalue weighted by molar-refractivity contribution is 6.25. The van der Waals surface area contributed by atoms with E-state index in [4.69, 9.17) is 28.8 Å². The van der Waals surface area contributed by atoms with Gasteiger partial charge in [0.1, 0.15) is 16.7 Å².